The molecule has 2 N–H and O–H groups in total. The predicted molar refractivity (Wildman–Crippen MR) is 98.2 cm³/mol. The maximum absolute atomic E-state index is 10.8. The Balaban J connectivity index is 1.91. The van der Waals surface area contributed by atoms with E-state index in [2.05, 4.69) is 11.9 Å². The maximum Gasteiger partial charge on any atom is 0.271 e. The Morgan fingerprint density at radius 2 is 2.12 bits per heavy atom. The first kappa shape index (κ1) is 18.5. The van der Waals surface area contributed by atoms with Gasteiger partial charge in [0.05, 0.1) is 4.92 Å². The van der Waals surface area contributed by atoms with Crippen molar-refractivity contribution < 1.29 is 14.8 Å². The fourth-order valence-corrected chi connectivity index (χ4v) is 2.36. The molecule has 0 aliphatic heterocycles. The molecule has 0 heterocycles. The number of nitro benzene ring substituents is 1. The minimum atomic E-state index is -0.754. The number of allylic oxidation sites excluding steroid dienone is 1. The lowest BCUT2D eigenvalue weighted by Gasteiger charge is -2.16. The number of anilines is 1. The van der Waals surface area contributed by atoms with Crippen molar-refractivity contribution in [2.45, 2.75) is 19.4 Å². The van der Waals surface area contributed by atoms with E-state index in [1.807, 2.05) is 31.2 Å². The summed E-state index contributed by atoms with van der Waals surface area (Å²) in [5, 5.41) is 24.0. The van der Waals surface area contributed by atoms with Gasteiger partial charge in [-0.25, -0.2) is 0 Å². The summed E-state index contributed by atoms with van der Waals surface area (Å²) in [7, 11) is 0. The lowest BCUT2D eigenvalue weighted by atomic mass is 10.1. The number of aliphatic hydroxyl groups excluding tert-OH is 1. The molecule has 2 aromatic rings. The van der Waals surface area contributed by atoms with Crippen molar-refractivity contribution in [1.29, 1.82) is 0 Å². The summed E-state index contributed by atoms with van der Waals surface area (Å²) < 4.78 is 5.69. The van der Waals surface area contributed by atoms with Gasteiger partial charge in [0.25, 0.3) is 5.69 Å². The molecule has 0 aliphatic rings. The number of hydrogen-bond acceptors (Lipinski definition) is 5. The van der Waals surface area contributed by atoms with Crippen LogP contribution in [0, 0.1) is 17.0 Å². The third-order valence-corrected chi connectivity index (χ3v) is 3.73. The number of benzene rings is 2. The molecule has 25 heavy (non-hydrogen) atoms. The highest BCUT2D eigenvalue weighted by molar-refractivity contribution is 5.56. The number of para-hydroxylation sites is 1. The smallest absolute Gasteiger partial charge is 0.271 e. The Hall–Kier alpha value is -2.86. The summed E-state index contributed by atoms with van der Waals surface area (Å²) in [6.45, 7) is 5.92. The van der Waals surface area contributed by atoms with E-state index in [-0.39, 0.29) is 18.8 Å². The first-order valence-corrected chi connectivity index (χ1v) is 8.00. The van der Waals surface area contributed by atoms with E-state index in [9.17, 15) is 15.2 Å². The van der Waals surface area contributed by atoms with E-state index in [1.54, 1.807) is 12.1 Å². The molecule has 0 aliphatic carbocycles. The summed E-state index contributed by atoms with van der Waals surface area (Å²) in [6, 6.07) is 12.2. The van der Waals surface area contributed by atoms with E-state index in [0.29, 0.717) is 17.9 Å². The van der Waals surface area contributed by atoms with Crippen molar-refractivity contribution in [2.75, 3.05) is 18.5 Å². The number of nitro groups is 1. The molecule has 1 atom stereocenters. The molecule has 132 valence electrons. The Morgan fingerprint density at radius 3 is 2.84 bits per heavy atom. The molecule has 0 fully saturated rings. The topological polar surface area (TPSA) is 84.6 Å². The molecule has 6 nitrogen and oxygen atoms in total. The predicted octanol–water partition coefficient (Wildman–Crippen LogP) is 3.48. The summed E-state index contributed by atoms with van der Waals surface area (Å²) in [5.74, 6) is 0.716. The summed E-state index contributed by atoms with van der Waals surface area (Å²) in [6.07, 6.45) is 1.73. The Morgan fingerprint density at radius 1 is 1.36 bits per heavy atom. The molecule has 0 radical (unpaired) electrons. The first-order valence-electron chi connectivity index (χ1n) is 8.00. The van der Waals surface area contributed by atoms with Crippen LogP contribution in [0.15, 0.2) is 55.1 Å². The van der Waals surface area contributed by atoms with Gasteiger partial charge in [-0.1, -0.05) is 30.3 Å². The number of aryl methyl sites for hydroxylation is 1. The standard InChI is InChI=1S/C19H22N2O4/c1-3-6-15-7-4-5-8-19(15)25-13-17(22)12-20-18-11-16(21(23)24)10-9-14(18)2/h3-5,7-11,17,20,22H,1,6,12-13H2,2H3. The molecule has 2 aromatic carbocycles. The second-order valence-electron chi connectivity index (χ2n) is 5.70. The van der Waals surface area contributed by atoms with Crippen molar-refractivity contribution in [3.05, 3.63) is 76.4 Å². The average molecular weight is 342 g/mol. The van der Waals surface area contributed by atoms with E-state index in [1.165, 1.54) is 12.1 Å². The van der Waals surface area contributed by atoms with Crippen LogP contribution >= 0.6 is 0 Å². The van der Waals surface area contributed by atoms with Gasteiger partial charge in [-0.3, -0.25) is 10.1 Å². The van der Waals surface area contributed by atoms with Crippen molar-refractivity contribution in [3.8, 4) is 5.75 Å². The zero-order chi connectivity index (χ0) is 18.2. The van der Waals surface area contributed by atoms with Gasteiger partial charge in [-0.2, -0.15) is 0 Å². The van der Waals surface area contributed by atoms with Crippen LogP contribution in [0.2, 0.25) is 0 Å². The van der Waals surface area contributed by atoms with Gasteiger partial charge in [0.1, 0.15) is 18.5 Å². The highest BCUT2D eigenvalue weighted by Crippen LogP contribution is 2.22. The zero-order valence-electron chi connectivity index (χ0n) is 14.1. The van der Waals surface area contributed by atoms with Crippen molar-refractivity contribution >= 4 is 11.4 Å². The van der Waals surface area contributed by atoms with Gasteiger partial charge in [0.2, 0.25) is 0 Å². The molecule has 0 bridgehead atoms. The number of non-ortho nitro benzene ring substituents is 1. The second kappa shape index (κ2) is 8.84. The molecular formula is C19H22N2O4. The number of nitrogens with zero attached hydrogens (tertiary/aromatic N) is 1. The first-order chi connectivity index (χ1) is 12.0. The number of aliphatic hydroxyl groups is 1. The van der Waals surface area contributed by atoms with Crippen LogP contribution in [0.25, 0.3) is 0 Å². The quantitative estimate of drug-likeness (QED) is 0.414. The Bertz CT molecular complexity index is 746. The van der Waals surface area contributed by atoms with Gasteiger partial charge in [-0.05, 0) is 30.5 Å². The lowest BCUT2D eigenvalue weighted by Crippen LogP contribution is -2.26. The highest BCUT2D eigenvalue weighted by Gasteiger charge is 2.11. The number of nitrogens with one attached hydrogen (secondary N) is 1. The molecule has 0 saturated heterocycles. The molecule has 1 unspecified atom stereocenters. The molecule has 0 spiro atoms. The Kier molecular flexibility index (Phi) is 6.54. The van der Waals surface area contributed by atoms with Crippen LogP contribution in [0.1, 0.15) is 11.1 Å². The van der Waals surface area contributed by atoms with Crippen molar-refractivity contribution in [3.63, 3.8) is 0 Å². The highest BCUT2D eigenvalue weighted by atomic mass is 16.6. The minimum Gasteiger partial charge on any atom is -0.491 e. The van der Waals surface area contributed by atoms with Crippen LogP contribution in [0.5, 0.6) is 5.75 Å². The lowest BCUT2D eigenvalue weighted by molar-refractivity contribution is -0.384. The van der Waals surface area contributed by atoms with Gasteiger partial charge < -0.3 is 15.2 Å². The molecular weight excluding hydrogens is 320 g/mol. The number of rotatable bonds is 9. The normalized spacial score (nSPS) is 11.6. The van der Waals surface area contributed by atoms with Crippen LogP contribution in [-0.2, 0) is 6.42 Å². The zero-order valence-corrected chi connectivity index (χ0v) is 14.1. The van der Waals surface area contributed by atoms with E-state index >= 15 is 0 Å². The second-order valence-corrected chi connectivity index (χ2v) is 5.70. The van der Waals surface area contributed by atoms with Crippen LogP contribution in [0.4, 0.5) is 11.4 Å². The third-order valence-electron chi connectivity index (χ3n) is 3.73. The SMILES string of the molecule is C=CCc1ccccc1OCC(O)CNc1cc([N+](=O)[O-])ccc1C. The summed E-state index contributed by atoms with van der Waals surface area (Å²) in [5.41, 5.74) is 2.51. The van der Waals surface area contributed by atoms with Gasteiger partial charge in [0, 0.05) is 24.4 Å². The molecule has 6 heteroatoms. The fraction of sp³-hybridized carbons (Fsp3) is 0.263. The van der Waals surface area contributed by atoms with Crippen LogP contribution in [-0.4, -0.2) is 29.3 Å². The number of hydrogen-bond donors (Lipinski definition) is 2. The average Bonchev–Trinajstić information content (AvgIpc) is 2.60. The van der Waals surface area contributed by atoms with Crippen LogP contribution < -0.4 is 10.1 Å². The fourth-order valence-electron chi connectivity index (χ4n) is 2.36. The summed E-state index contributed by atoms with van der Waals surface area (Å²) in [4.78, 5) is 10.4. The Labute approximate surface area is 146 Å². The van der Waals surface area contributed by atoms with E-state index < -0.39 is 11.0 Å². The maximum atomic E-state index is 10.8. The molecule has 0 aromatic heterocycles. The summed E-state index contributed by atoms with van der Waals surface area (Å²) >= 11 is 0. The molecule has 0 saturated carbocycles. The van der Waals surface area contributed by atoms with E-state index in [4.69, 9.17) is 4.74 Å². The van der Waals surface area contributed by atoms with Crippen molar-refractivity contribution in [1.82, 2.24) is 0 Å². The number of ether oxygens (including phenoxy) is 1. The van der Waals surface area contributed by atoms with Gasteiger partial charge >= 0.3 is 0 Å². The largest absolute Gasteiger partial charge is 0.491 e. The minimum absolute atomic E-state index is 0.0113. The monoisotopic (exact) mass is 342 g/mol. The third kappa shape index (κ3) is 5.32. The molecule has 2 rings (SSSR count). The van der Waals surface area contributed by atoms with Gasteiger partial charge in [0.15, 0.2) is 0 Å². The van der Waals surface area contributed by atoms with Crippen LogP contribution in [0.3, 0.4) is 0 Å². The van der Waals surface area contributed by atoms with E-state index in [0.717, 1.165) is 11.1 Å². The van der Waals surface area contributed by atoms with Gasteiger partial charge in [-0.15, -0.1) is 6.58 Å². The molecule has 0 amide bonds. The van der Waals surface area contributed by atoms with Crippen molar-refractivity contribution in [2.24, 2.45) is 0 Å².